The van der Waals surface area contributed by atoms with Gasteiger partial charge in [-0.05, 0) is 19.4 Å². The van der Waals surface area contributed by atoms with Crippen molar-refractivity contribution in [1.29, 1.82) is 0 Å². The summed E-state index contributed by atoms with van der Waals surface area (Å²) in [5.74, 6) is 0.254. The normalized spacial score (nSPS) is 20.9. The van der Waals surface area contributed by atoms with Gasteiger partial charge in [-0.2, -0.15) is 0 Å². The summed E-state index contributed by atoms with van der Waals surface area (Å²) in [6, 6.07) is 0. The van der Waals surface area contributed by atoms with E-state index in [2.05, 4.69) is 0 Å². The molecule has 1 fully saturated rings. The van der Waals surface area contributed by atoms with Crippen LogP contribution in [-0.4, -0.2) is 54.8 Å². The molecule has 1 unspecified atom stereocenters. The number of amides is 2. The zero-order valence-corrected chi connectivity index (χ0v) is 9.40. The summed E-state index contributed by atoms with van der Waals surface area (Å²) in [5, 5.41) is 0. The van der Waals surface area contributed by atoms with Gasteiger partial charge in [0.2, 0.25) is 11.8 Å². The van der Waals surface area contributed by atoms with Crippen molar-refractivity contribution in [3.8, 4) is 0 Å². The Morgan fingerprint density at radius 1 is 1.67 bits per heavy atom. The number of likely N-dealkylation sites (N-methyl/N-ethyl adjacent to an activating group) is 1. The topological polar surface area (TPSA) is 66.6 Å². The van der Waals surface area contributed by atoms with Crippen LogP contribution in [0.5, 0.6) is 0 Å². The van der Waals surface area contributed by atoms with Crippen molar-refractivity contribution < 1.29 is 9.59 Å². The molecule has 1 aliphatic rings. The number of nitrogens with two attached hydrogens (primary N) is 1. The van der Waals surface area contributed by atoms with Crippen molar-refractivity contribution in [3.63, 3.8) is 0 Å². The van der Waals surface area contributed by atoms with Gasteiger partial charge in [-0.1, -0.05) is 0 Å². The summed E-state index contributed by atoms with van der Waals surface area (Å²) >= 11 is 0. The van der Waals surface area contributed by atoms with Crippen LogP contribution in [0.15, 0.2) is 0 Å². The molecule has 0 spiro atoms. The molecule has 5 nitrogen and oxygen atoms in total. The Balaban J connectivity index is 2.46. The molecule has 0 aromatic heterocycles. The van der Waals surface area contributed by atoms with Crippen LogP contribution in [-0.2, 0) is 9.59 Å². The second-order valence-electron chi connectivity index (χ2n) is 3.99. The van der Waals surface area contributed by atoms with Crippen LogP contribution < -0.4 is 5.73 Å². The molecule has 15 heavy (non-hydrogen) atoms. The van der Waals surface area contributed by atoms with Gasteiger partial charge in [-0.25, -0.2) is 0 Å². The molecule has 0 aliphatic carbocycles. The summed E-state index contributed by atoms with van der Waals surface area (Å²) in [6.07, 6.45) is 0.486. The summed E-state index contributed by atoms with van der Waals surface area (Å²) in [4.78, 5) is 26.3. The van der Waals surface area contributed by atoms with Gasteiger partial charge in [-0.15, -0.1) is 0 Å². The lowest BCUT2D eigenvalue weighted by atomic mass is 10.1. The van der Waals surface area contributed by atoms with Crippen molar-refractivity contribution in [1.82, 2.24) is 9.80 Å². The Kier molecular flexibility index (Phi) is 4.08. The third kappa shape index (κ3) is 2.92. The van der Waals surface area contributed by atoms with E-state index in [9.17, 15) is 9.59 Å². The zero-order chi connectivity index (χ0) is 11.4. The Morgan fingerprint density at radius 3 is 2.80 bits per heavy atom. The molecule has 1 heterocycles. The van der Waals surface area contributed by atoms with Crippen LogP contribution in [0.25, 0.3) is 0 Å². The maximum atomic E-state index is 11.6. The van der Waals surface area contributed by atoms with E-state index in [1.807, 2.05) is 6.92 Å². The SMILES string of the molecule is CCN(C)C(=O)CN1CC(CN)CC1=O. The highest BCUT2D eigenvalue weighted by Crippen LogP contribution is 2.16. The highest BCUT2D eigenvalue weighted by molar-refractivity contribution is 5.86. The molecule has 1 atom stereocenters. The lowest BCUT2D eigenvalue weighted by Gasteiger charge is -2.20. The maximum absolute atomic E-state index is 11.6. The molecule has 86 valence electrons. The predicted molar refractivity (Wildman–Crippen MR) is 57.1 cm³/mol. The fourth-order valence-corrected chi connectivity index (χ4v) is 1.63. The van der Waals surface area contributed by atoms with Crippen molar-refractivity contribution in [2.24, 2.45) is 11.7 Å². The van der Waals surface area contributed by atoms with Crippen molar-refractivity contribution >= 4 is 11.8 Å². The zero-order valence-electron chi connectivity index (χ0n) is 9.40. The van der Waals surface area contributed by atoms with E-state index >= 15 is 0 Å². The number of hydrogen-bond acceptors (Lipinski definition) is 3. The predicted octanol–water partition coefficient (Wildman–Crippen LogP) is -0.728. The lowest BCUT2D eigenvalue weighted by molar-refractivity contribution is -0.137. The molecule has 1 rings (SSSR count). The van der Waals surface area contributed by atoms with E-state index in [0.29, 0.717) is 26.1 Å². The highest BCUT2D eigenvalue weighted by Gasteiger charge is 2.30. The largest absolute Gasteiger partial charge is 0.345 e. The van der Waals surface area contributed by atoms with Crippen molar-refractivity contribution in [3.05, 3.63) is 0 Å². The quantitative estimate of drug-likeness (QED) is 0.669. The van der Waals surface area contributed by atoms with Gasteiger partial charge < -0.3 is 15.5 Å². The minimum absolute atomic E-state index is 0.0106. The molecular formula is C10H19N3O2. The van der Waals surface area contributed by atoms with E-state index < -0.39 is 0 Å². The fraction of sp³-hybridized carbons (Fsp3) is 0.800. The van der Waals surface area contributed by atoms with Crippen LogP contribution >= 0.6 is 0 Å². The number of nitrogens with zero attached hydrogens (tertiary/aromatic N) is 2. The van der Waals surface area contributed by atoms with Gasteiger partial charge in [0, 0.05) is 26.6 Å². The Bertz CT molecular complexity index is 255. The van der Waals surface area contributed by atoms with E-state index in [0.717, 1.165) is 0 Å². The molecule has 0 radical (unpaired) electrons. The van der Waals surface area contributed by atoms with E-state index in [4.69, 9.17) is 5.73 Å². The molecule has 5 heteroatoms. The van der Waals surface area contributed by atoms with E-state index in [1.165, 1.54) is 0 Å². The van der Waals surface area contributed by atoms with Crippen LogP contribution in [0.4, 0.5) is 0 Å². The maximum Gasteiger partial charge on any atom is 0.241 e. The minimum atomic E-state index is -0.0106. The number of rotatable bonds is 4. The molecule has 0 saturated carbocycles. The first-order valence-electron chi connectivity index (χ1n) is 5.30. The molecule has 1 saturated heterocycles. The third-order valence-corrected chi connectivity index (χ3v) is 2.85. The van der Waals surface area contributed by atoms with Gasteiger partial charge in [-0.3, -0.25) is 9.59 Å². The molecule has 0 bridgehead atoms. The van der Waals surface area contributed by atoms with E-state index in [1.54, 1.807) is 16.8 Å². The number of hydrogen-bond donors (Lipinski definition) is 1. The standard InChI is InChI=1S/C10H19N3O2/c1-3-12(2)10(15)7-13-6-8(5-11)4-9(13)14/h8H,3-7,11H2,1-2H3. The van der Waals surface area contributed by atoms with Gasteiger partial charge >= 0.3 is 0 Å². The summed E-state index contributed by atoms with van der Waals surface area (Å²) in [6.45, 7) is 3.91. The summed E-state index contributed by atoms with van der Waals surface area (Å²) in [5.41, 5.74) is 5.50. The number of likely N-dealkylation sites (tertiary alicyclic amines) is 1. The average molecular weight is 213 g/mol. The average Bonchev–Trinajstić information content (AvgIpc) is 2.58. The molecule has 2 N–H and O–H groups in total. The van der Waals surface area contributed by atoms with Gasteiger partial charge in [0.1, 0.15) is 0 Å². The second kappa shape index (κ2) is 5.11. The van der Waals surface area contributed by atoms with Crippen molar-refractivity contribution in [2.75, 3.05) is 33.2 Å². The van der Waals surface area contributed by atoms with Crippen LogP contribution in [0.1, 0.15) is 13.3 Å². The van der Waals surface area contributed by atoms with Crippen LogP contribution in [0, 0.1) is 5.92 Å². The number of carbonyl (C=O) groups is 2. The fourth-order valence-electron chi connectivity index (χ4n) is 1.63. The number of carbonyl (C=O) groups excluding carboxylic acids is 2. The smallest absolute Gasteiger partial charge is 0.241 e. The van der Waals surface area contributed by atoms with Gasteiger partial charge in [0.05, 0.1) is 6.54 Å². The van der Waals surface area contributed by atoms with Gasteiger partial charge in [0.15, 0.2) is 0 Å². The Labute approximate surface area is 90.2 Å². The monoisotopic (exact) mass is 213 g/mol. The van der Waals surface area contributed by atoms with Crippen molar-refractivity contribution in [2.45, 2.75) is 13.3 Å². The minimum Gasteiger partial charge on any atom is -0.345 e. The summed E-state index contributed by atoms with van der Waals surface area (Å²) < 4.78 is 0. The molecule has 1 aliphatic heterocycles. The van der Waals surface area contributed by atoms with E-state index in [-0.39, 0.29) is 24.3 Å². The van der Waals surface area contributed by atoms with Crippen LogP contribution in [0.3, 0.4) is 0 Å². The van der Waals surface area contributed by atoms with Gasteiger partial charge in [0.25, 0.3) is 0 Å². The first kappa shape index (κ1) is 12.0. The first-order chi connectivity index (χ1) is 7.08. The summed E-state index contributed by atoms with van der Waals surface area (Å²) in [7, 11) is 1.74. The lowest BCUT2D eigenvalue weighted by Crippen LogP contribution is -2.39. The molecule has 0 aromatic carbocycles. The highest BCUT2D eigenvalue weighted by atomic mass is 16.2. The molecular weight excluding hydrogens is 194 g/mol. The molecule has 0 aromatic rings. The molecule has 2 amide bonds. The Hall–Kier alpha value is -1.10. The third-order valence-electron chi connectivity index (χ3n) is 2.85. The second-order valence-corrected chi connectivity index (χ2v) is 3.99. The van der Waals surface area contributed by atoms with Crippen LogP contribution in [0.2, 0.25) is 0 Å². The Morgan fingerprint density at radius 2 is 2.33 bits per heavy atom. The first-order valence-corrected chi connectivity index (χ1v) is 5.30.